The molecule has 1 N–H and O–H groups in total. The van der Waals surface area contributed by atoms with Gasteiger partial charge in [0.25, 0.3) is 0 Å². The second-order valence-electron chi connectivity index (χ2n) is 4.99. The minimum Gasteiger partial charge on any atom is -0.307 e. The minimum atomic E-state index is -0.130. The van der Waals surface area contributed by atoms with E-state index >= 15 is 0 Å². The summed E-state index contributed by atoms with van der Waals surface area (Å²) in [4.78, 5) is 0. The first-order chi connectivity index (χ1) is 7.66. The molecule has 1 aromatic carbocycles. The SMILES string of the molecule is CCC(C)CNC1(c2cccc(F)c2)CC1. The van der Waals surface area contributed by atoms with Crippen molar-refractivity contribution in [2.24, 2.45) is 5.92 Å². The van der Waals surface area contributed by atoms with E-state index in [9.17, 15) is 4.39 Å². The number of nitrogens with one attached hydrogen (secondary N) is 1. The van der Waals surface area contributed by atoms with Crippen molar-refractivity contribution < 1.29 is 4.39 Å². The Labute approximate surface area is 97.1 Å². The van der Waals surface area contributed by atoms with Gasteiger partial charge in [0.15, 0.2) is 0 Å². The molecule has 2 rings (SSSR count). The van der Waals surface area contributed by atoms with Crippen molar-refractivity contribution in [2.45, 2.75) is 38.6 Å². The molecular formula is C14H20FN. The second-order valence-corrected chi connectivity index (χ2v) is 4.99. The molecule has 16 heavy (non-hydrogen) atoms. The minimum absolute atomic E-state index is 0.0749. The number of hydrogen-bond acceptors (Lipinski definition) is 1. The van der Waals surface area contributed by atoms with Crippen LogP contribution in [0, 0.1) is 11.7 Å². The van der Waals surface area contributed by atoms with E-state index in [0.717, 1.165) is 24.9 Å². The number of hydrogen-bond donors (Lipinski definition) is 1. The molecule has 0 aliphatic heterocycles. The van der Waals surface area contributed by atoms with Crippen LogP contribution in [0.1, 0.15) is 38.7 Å². The van der Waals surface area contributed by atoms with E-state index in [0.29, 0.717) is 5.92 Å². The quantitative estimate of drug-likeness (QED) is 0.803. The van der Waals surface area contributed by atoms with Gasteiger partial charge in [-0.2, -0.15) is 0 Å². The van der Waals surface area contributed by atoms with Gasteiger partial charge in [0.2, 0.25) is 0 Å². The molecule has 88 valence electrons. The predicted molar refractivity (Wildman–Crippen MR) is 64.8 cm³/mol. The lowest BCUT2D eigenvalue weighted by molar-refractivity contribution is 0.431. The average molecular weight is 221 g/mol. The van der Waals surface area contributed by atoms with Crippen molar-refractivity contribution in [2.75, 3.05) is 6.54 Å². The lowest BCUT2D eigenvalue weighted by atomic mass is 10.0. The maximum atomic E-state index is 13.2. The number of halogens is 1. The Bertz CT molecular complexity index is 358. The summed E-state index contributed by atoms with van der Waals surface area (Å²) < 4.78 is 13.2. The lowest BCUT2D eigenvalue weighted by Crippen LogP contribution is -2.32. The van der Waals surface area contributed by atoms with Crippen LogP contribution in [0.4, 0.5) is 4.39 Å². The molecule has 1 aliphatic rings. The van der Waals surface area contributed by atoms with Gasteiger partial charge in [-0.1, -0.05) is 32.4 Å². The normalized spacial score (nSPS) is 19.4. The van der Waals surface area contributed by atoms with Gasteiger partial charge < -0.3 is 5.32 Å². The number of benzene rings is 1. The summed E-state index contributed by atoms with van der Waals surface area (Å²) in [5.74, 6) is 0.556. The molecule has 1 aromatic rings. The van der Waals surface area contributed by atoms with Crippen LogP contribution in [-0.2, 0) is 5.54 Å². The molecular weight excluding hydrogens is 201 g/mol. The van der Waals surface area contributed by atoms with E-state index in [1.165, 1.54) is 12.5 Å². The van der Waals surface area contributed by atoms with Gasteiger partial charge >= 0.3 is 0 Å². The molecule has 1 saturated carbocycles. The molecule has 0 saturated heterocycles. The first-order valence-corrected chi connectivity index (χ1v) is 6.17. The van der Waals surface area contributed by atoms with E-state index in [2.05, 4.69) is 19.2 Å². The summed E-state index contributed by atoms with van der Waals surface area (Å²) >= 11 is 0. The second kappa shape index (κ2) is 4.54. The van der Waals surface area contributed by atoms with E-state index in [4.69, 9.17) is 0 Å². The van der Waals surface area contributed by atoms with Gasteiger partial charge in [-0.25, -0.2) is 4.39 Å². The van der Waals surface area contributed by atoms with Crippen LogP contribution >= 0.6 is 0 Å². The molecule has 0 aromatic heterocycles. The van der Waals surface area contributed by atoms with Gasteiger partial charge in [-0.15, -0.1) is 0 Å². The maximum absolute atomic E-state index is 13.2. The van der Waals surface area contributed by atoms with Gasteiger partial charge in [-0.3, -0.25) is 0 Å². The van der Waals surface area contributed by atoms with E-state index in [1.54, 1.807) is 12.1 Å². The van der Waals surface area contributed by atoms with Crippen molar-refractivity contribution in [3.8, 4) is 0 Å². The molecule has 1 fully saturated rings. The van der Waals surface area contributed by atoms with Crippen molar-refractivity contribution in [1.29, 1.82) is 0 Å². The monoisotopic (exact) mass is 221 g/mol. The highest BCUT2D eigenvalue weighted by Gasteiger charge is 2.43. The fourth-order valence-corrected chi connectivity index (χ4v) is 1.99. The van der Waals surface area contributed by atoms with E-state index in [1.807, 2.05) is 6.07 Å². The third kappa shape index (κ3) is 2.43. The van der Waals surface area contributed by atoms with Crippen molar-refractivity contribution in [3.05, 3.63) is 35.6 Å². The molecule has 0 heterocycles. The Morgan fingerprint density at radius 2 is 2.19 bits per heavy atom. The van der Waals surface area contributed by atoms with Gasteiger partial charge in [0, 0.05) is 5.54 Å². The standard InChI is InChI=1S/C14H20FN/c1-3-11(2)10-16-14(7-8-14)12-5-4-6-13(15)9-12/h4-6,9,11,16H,3,7-8,10H2,1-2H3. The van der Waals surface area contributed by atoms with Crippen molar-refractivity contribution in [3.63, 3.8) is 0 Å². The zero-order valence-corrected chi connectivity index (χ0v) is 10.1. The Morgan fingerprint density at radius 3 is 2.75 bits per heavy atom. The predicted octanol–water partition coefficient (Wildman–Crippen LogP) is 3.45. The van der Waals surface area contributed by atoms with Crippen LogP contribution in [0.5, 0.6) is 0 Å². The van der Waals surface area contributed by atoms with Gasteiger partial charge in [-0.05, 0) is 43.0 Å². The van der Waals surface area contributed by atoms with Crippen LogP contribution in [0.15, 0.2) is 24.3 Å². The average Bonchev–Trinajstić information content (AvgIpc) is 3.07. The zero-order chi connectivity index (χ0) is 11.6. The molecule has 2 heteroatoms. The highest BCUT2D eigenvalue weighted by atomic mass is 19.1. The van der Waals surface area contributed by atoms with Crippen molar-refractivity contribution in [1.82, 2.24) is 5.32 Å². The summed E-state index contributed by atoms with van der Waals surface area (Å²) in [6.45, 7) is 5.47. The summed E-state index contributed by atoms with van der Waals surface area (Å²) in [7, 11) is 0. The molecule has 0 spiro atoms. The smallest absolute Gasteiger partial charge is 0.123 e. The Kier molecular flexibility index (Phi) is 3.29. The lowest BCUT2D eigenvalue weighted by Gasteiger charge is -2.20. The molecule has 1 unspecified atom stereocenters. The Hall–Kier alpha value is -0.890. The number of rotatable bonds is 5. The molecule has 0 radical (unpaired) electrons. The summed E-state index contributed by atoms with van der Waals surface area (Å²) in [5, 5.41) is 3.60. The summed E-state index contributed by atoms with van der Waals surface area (Å²) in [6, 6.07) is 7.00. The first kappa shape index (κ1) is 11.6. The first-order valence-electron chi connectivity index (χ1n) is 6.17. The van der Waals surface area contributed by atoms with Crippen LogP contribution in [0.2, 0.25) is 0 Å². The largest absolute Gasteiger partial charge is 0.307 e. The third-order valence-electron chi connectivity index (χ3n) is 3.61. The van der Waals surface area contributed by atoms with Crippen LogP contribution in [-0.4, -0.2) is 6.54 Å². The van der Waals surface area contributed by atoms with Crippen molar-refractivity contribution >= 4 is 0 Å². The van der Waals surface area contributed by atoms with Gasteiger partial charge in [0.1, 0.15) is 5.82 Å². The highest BCUT2D eigenvalue weighted by Crippen LogP contribution is 2.45. The molecule has 1 atom stereocenters. The Balaban J connectivity index is 2.03. The summed E-state index contributed by atoms with van der Waals surface area (Å²) in [6.07, 6.45) is 3.45. The third-order valence-corrected chi connectivity index (χ3v) is 3.61. The molecule has 1 aliphatic carbocycles. The maximum Gasteiger partial charge on any atom is 0.123 e. The van der Waals surface area contributed by atoms with Crippen LogP contribution < -0.4 is 5.32 Å². The van der Waals surface area contributed by atoms with Crippen LogP contribution in [0.25, 0.3) is 0 Å². The molecule has 0 amide bonds. The topological polar surface area (TPSA) is 12.0 Å². The van der Waals surface area contributed by atoms with Gasteiger partial charge in [0.05, 0.1) is 0 Å². The molecule has 0 bridgehead atoms. The highest BCUT2D eigenvalue weighted by molar-refractivity contribution is 5.30. The fraction of sp³-hybridized carbons (Fsp3) is 0.571. The zero-order valence-electron chi connectivity index (χ0n) is 10.1. The van der Waals surface area contributed by atoms with E-state index < -0.39 is 0 Å². The Morgan fingerprint density at radius 1 is 1.44 bits per heavy atom. The molecule has 1 nitrogen and oxygen atoms in total. The van der Waals surface area contributed by atoms with E-state index in [-0.39, 0.29) is 11.4 Å². The van der Waals surface area contributed by atoms with Crippen LogP contribution in [0.3, 0.4) is 0 Å². The fourth-order valence-electron chi connectivity index (χ4n) is 1.99. The summed E-state index contributed by atoms with van der Waals surface area (Å²) in [5.41, 5.74) is 1.18.